The van der Waals surface area contributed by atoms with Crippen LogP contribution in [0.2, 0.25) is 0 Å². The molecule has 0 bridgehead atoms. The van der Waals surface area contributed by atoms with Crippen molar-refractivity contribution in [1.82, 2.24) is 9.88 Å². The van der Waals surface area contributed by atoms with Crippen LogP contribution in [-0.4, -0.2) is 31.1 Å². The van der Waals surface area contributed by atoms with Gasteiger partial charge in [0.2, 0.25) is 0 Å². The fraction of sp³-hybridized carbons (Fsp3) is 0.190. The summed E-state index contributed by atoms with van der Waals surface area (Å²) in [6.07, 6.45) is 4.79. The topological polar surface area (TPSA) is 37.3 Å². The van der Waals surface area contributed by atoms with E-state index in [1.807, 2.05) is 67.5 Å². The minimum atomic E-state index is -0.0380. The van der Waals surface area contributed by atoms with Gasteiger partial charge in [-0.15, -0.1) is 0 Å². The van der Waals surface area contributed by atoms with Crippen LogP contribution in [0.5, 0.6) is 0 Å². The number of benzene rings is 2. The van der Waals surface area contributed by atoms with Crippen molar-refractivity contribution < 1.29 is 4.79 Å². The van der Waals surface area contributed by atoms with E-state index in [1.54, 1.807) is 0 Å². The summed E-state index contributed by atoms with van der Waals surface area (Å²) >= 11 is 0. The molecule has 0 spiro atoms. The molecule has 0 saturated carbocycles. The molecule has 0 unspecified atom stereocenters. The molecule has 128 valence electrons. The molecule has 0 fully saturated rings. The monoisotopic (exact) mass is 333 g/mol. The van der Waals surface area contributed by atoms with Crippen LogP contribution in [0.3, 0.4) is 0 Å². The smallest absolute Gasteiger partial charge is 0.251 e. The third kappa shape index (κ3) is 4.29. The first-order valence-electron chi connectivity index (χ1n) is 8.41. The van der Waals surface area contributed by atoms with Gasteiger partial charge in [-0.1, -0.05) is 12.1 Å². The Hall–Kier alpha value is -3.01. The number of aromatic nitrogens is 1. The second kappa shape index (κ2) is 7.71. The highest BCUT2D eigenvalue weighted by Crippen LogP contribution is 2.13. The Bertz CT molecular complexity index is 803. The first-order chi connectivity index (χ1) is 12.1. The Morgan fingerprint density at radius 2 is 1.60 bits per heavy atom. The Labute approximate surface area is 148 Å². The van der Waals surface area contributed by atoms with Gasteiger partial charge in [-0.25, -0.2) is 0 Å². The summed E-state index contributed by atoms with van der Waals surface area (Å²) in [5.74, 6) is -0.0380. The predicted molar refractivity (Wildman–Crippen MR) is 103 cm³/mol. The molecule has 1 amide bonds. The van der Waals surface area contributed by atoms with E-state index in [4.69, 9.17) is 0 Å². The molecule has 4 nitrogen and oxygen atoms in total. The van der Waals surface area contributed by atoms with Crippen LogP contribution in [0.15, 0.2) is 73.1 Å². The summed E-state index contributed by atoms with van der Waals surface area (Å²) < 4.78 is 2.01. The minimum absolute atomic E-state index is 0.0380. The fourth-order valence-corrected chi connectivity index (χ4v) is 2.67. The van der Waals surface area contributed by atoms with Crippen molar-refractivity contribution in [3.8, 4) is 5.69 Å². The molecule has 0 atom stereocenters. The number of rotatable bonds is 6. The lowest BCUT2D eigenvalue weighted by Crippen LogP contribution is -2.25. The number of carbonyl (C=O) groups excluding carboxylic acids is 1. The van der Waals surface area contributed by atoms with Crippen molar-refractivity contribution in [3.63, 3.8) is 0 Å². The average molecular weight is 333 g/mol. The summed E-state index contributed by atoms with van der Waals surface area (Å²) in [5.41, 5.74) is 4.12. The molecule has 1 N–H and O–H groups in total. The maximum Gasteiger partial charge on any atom is 0.251 e. The maximum atomic E-state index is 12.3. The molecule has 0 aliphatic rings. The Morgan fingerprint density at radius 1 is 0.960 bits per heavy atom. The normalized spacial score (nSPS) is 10.5. The molecular formula is C21H23N3O. The van der Waals surface area contributed by atoms with E-state index in [1.165, 1.54) is 11.3 Å². The second-order valence-electron chi connectivity index (χ2n) is 6.20. The summed E-state index contributed by atoms with van der Waals surface area (Å²) in [6, 6.07) is 20.0. The van der Waals surface area contributed by atoms with Gasteiger partial charge in [-0.2, -0.15) is 0 Å². The third-order valence-electron chi connectivity index (χ3n) is 4.18. The Kier molecular flexibility index (Phi) is 5.19. The van der Waals surface area contributed by atoms with Gasteiger partial charge in [0.05, 0.1) is 0 Å². The van der Waals surface area contributed by atoms with Crippen molar-refractivity contribution in [2.45, 2.75) is 6.42 Å². The summed E-state index contributed by atoms with van der Waals surface area (Å²) in [4.78, 5) is 14.3. The number of nitrogens with one attached hydrogen (secondary N) is 1. The fourth-order valence-electron chi connectivity index (χ4n) is 2.67. The molecule has 25 heavy (non-hydrogen) atoms. The number of amides is 1. The first kappa shape index (κ1) is 16.8. The summed E-state index contributed by atoms with van der Waals surface area (Å²) in [7, 11) is 4.05. The van der Waals surface area contributed by atoms with Gasteiger partial charge in [0.15, 0.2) is 0 Å². The van der Waals surface area contributed by atoms with Crippen molar-refractivity contribution >= 4 is 11.6 Å². The van der Waals surface area contributed by atoms with Gasteiger partial charge >= 0.3 is 0 Å². The number of hydrogen-bond donors (Lipinski definition) is 1. The zero-order valence-corrected chi connectivity index (χ0v) is 14.6. The lowest BCUT2D eigenvalue weighted by atomic mass is 10.1. The number of carbonyl (C=O) groups is 1. The first-order valence-corrected chi connectivity index (χ1v) is 8.41. The van der Waals surface area contributed by atoms with Crippen LogP contribution in [0.25, 0.3) is 5.69 Å². The van der Waals surface area contributed by atoms with E-state index in [9.17, 15) is 4.79 Å². The molecule has 3 aromatic rings. The highest BCUT2D eigenvalue weighted by molar-refractivity contribution is 5.94. The van der Waals surface area contributed by atoms with Crippen molar-refractivity contribution in [3.05, 3.63) is 84.2 Å². The zero-order valence-electron chi connectivity index (χ0n) is 14.6. The van der Waals surface area contributed by atoms with Gasteiger partial charge in [-0.05, 0) is 60.5 Å². The standard InChI is InChI=1S/C21H23N3O/c1-23(2)19-9-5-17(6-10-19)13-14-22-21(25)18-7-11-20(12-8-18)24-15-3-4-16-24/h3-12,15-16H,13-14H2,1-2H3,(H,22,25). The molecule has 1 aromatic heterocycles. The van der Waals surface area contributed by atoms with E-state index < -0.39 is 0 Å². The molecule has 2 aromatic carbocycles. The molecule has 0 aliphatic heterocycles. The van der Waals surface area contributed by atoms with Crippen LogP contribution in [0, 0.1) is 0 Å². The van der Waals surface area contributed by atoms with Crippen LogP contribution in [0.4, 0.5) is 5.69 Å². The van der Waals surface area contributed by atoms with Crippen LogP contribution >= 0.6 is 0 Å². The van der Waals surface area contributed by atoms with E-state index in [0.29, 0.717) is 12.1 Å². The van der Waals surface area contributed by atoms with E-state index in [0.717, 1.165) is 12.1 Å². The van der Waals surface area contributed by atoms with Gasteiger partial charge in [0, 0.05) is 50.0 Å². The maximum absolute atomic E-state index is 12.3. The molecule has 3 rings (SSSR count). The molecule has 0 aliphatic carbocycles. The Morgan fingerprint density at radius 3 is 2.20 bits per heavy atom. The number of nitrogens with zero attached hydrogens (tertiary/aromatic N) is 2. The Balaban J connectivity index is 1.52. The number of hydrogen-bond acceptors (Lipinski definition) is 2. The highest BCUT2D eigenvalue weighted by Gasteiger charge is 2.05. The van der Waals surface area contributed by atoms with E-state index >= 15 is 0 Å². The number of anilines is 1. The lowest BCUT2D eigenvalue weighted by Gasteiger charge is -2.12. The molecule has 1 heterocycles. The quantitative estimate of drug-likeness (QED) is 0.749. The van der Waals surface area contributed by atoms with Gasteiger partial charge in [-0.3, -0.25) is 4.79 Å². The molecule has 0 saturated heterocycles. The third-order valence-corrected chi connectivity index (χ3v) is 4.18. The van der Waals surface area contributed by atoms with E-state index in [2.05, 4.69) is 34.5 Å². The van der Waals surface area contributed by atoms with Crippen LogP contribution in [0.1, 0.15) is 15.9 Å². The SMILES string of the molecule is CN(C)c1ccc(CCNC(=O)c2ccc(-n3cccc3)cc2)cc1. The predicted octanol–water partition coefficient (Wildman–Crippen LogP) is 3.52. The highest BCUT2D eigenvalue weighted by atomic mass is 16.1. The van der Waals surface area contributed by atoms with Crippen LogP contribution < -0.4 is 10.2 Å². The molecule has 4 heteroatoms. The van der Waals surface area contributed by atoms with Gasteiger partial charge in [0.1, 0.15) is 0 Å². The van der Waals surface area contributed by atoms with Gasteiger partial charge < -0.3 is 14.8 Å². The zero-order chi connectivity index (χ0) is 17.6. The van der Waals surface area contributed by atoms with Crippen LogP contribution in [-0.2, 0) is 6.42 Å². The van der Waals surface area contributed by atoms with Gasteiger partial charge in [0.25, 0.3) is 5.91 Å². The second-order valence-corrected chi connectivity index (χ2v) is 6.20. The van der Waals surface area contributed by atoms with E-state index in [-0.39, 0.29) is 5.91 Å². The lowest BCUT2D eigenvalue weighted by molar-refractivity contribution is 0.0954. The summed E-state index contributed by atoms with van der Waals surface area (Å²) in [5, 5.41) is 2.98. The van der Waals surface area contributed by atoms with Crippen molar-refractivity contribution in [2.75, 3.05) is 25.5 Å². The molecular weight excluding hydrogens is 310 g/mol. The molecule has 0 radical (unpaired) electrons. The largest absolute Gasteiger partial charge is 0.378 e. The van der Waals surface area contributed by atoms with Crippen molar-refractivity contribution in [2.24, 2.45) is 0 Å². The summed E-state index contributed by atoms with van der Waals surface area (Å²) in [6.45, 7) is 0.625. The average Bonchev–Trinajstić information content (AvgIpc) is 3.17. The van der Waals surface area contributed by atoms with Crippen molar-refractivity contribution in [1.29, 1.82) is 0 Å². The minimum Gasteiger partial charge on any atom is -0.378 e.